The van der Waals surface area contributed by atoms with Crippen LogP contribution in [-0.2, 0) is 0 Å². The first kappa shape index (κ1) is 15.2. The number of ketones is 1. The van der Waals surface area contributed by atoms with E-state index in [1.807, 2.05) is 0 Å². The van der Waals surface area contributed by atoms with Gasteiger partial charge >= 0.3 is 0 Å². The topological polar surface area (TPSA) is 65.2 Å². The van der Waals surface area contributed by atoms with Gasteiger partial charge in [0.15, 0.2) is 12.4 Å². The summed E-state index contributed by atoms with van der Waals surface area (Å²) in [6, 6.07) is 13.8. The van der Waals surface area contributed by atoms with Crippen LogP contribution >= 0.6 is 11.6 Å². The van der Waals surface area contributed by atoms with Gasteiger partial charge in [-0.2, -0.15) is 0 Å². The van der Waals surface area contributed by atoms with Crippen LogP contribution in [0.15, 0.2) is 52.9 Å². The molecular formula is C17H13ClN2O3. The van der Waals surface area contributed by atoms with Crippen LogP contribution in [0.3, 0.4) is 0 Å². The predicted molar refractivity (Wildman–Crippen MR) is 85.7 cm³/mol. The largest absolute Gasteiger partial charge is 0.485 e. The van der Waals surface area contributed by atoms with Crippen LogP contribution in [0.2, 0.25) is 5.02 Å². The molecule has 0 amide bonds. The normalized spacial score (nSPS) is 10.5. The number of hydrogen-bond donors (Lipinski definition) is 0. The molecule has 0 aliphatic heterocycles. The summed E-state index contributed by atoms with van der Waals surface area (Å²) < 4.78 is 10.8. The molecule has 3 aromatic rings. The van der Waals surface area contributed by atoms with Crippen LogP contribution in [0.1, 0.15) is 16.2 Å². The lowest BCUT2D eigenvalue weighted by atomic mass is 10.1. The quantitative estimate of drug-likeness (QED) is 0.663. The van der Waals surface area contributed by atoms with E-state index in [0.29, 0.717) is 28.1 Å². The van der Waals surface area contributed by atoms with Crippen molar-refractivity contribution in [2.45, 2.75) is 6.92 Å². The molecule has 1 aromatic heterocycles. The highest BCUT2D eigenvalue weighted by Crippen LogP contribution is 2.21. The Morgan fingerprint density at radius 3 is 2.39 bits per heavy atom. The maximum Gasteiger partial charge on any atom is 0.247 e. The zero-order chi connectivity index (χ0) is 16.2. The van der Waals surface area contributed by atoms with E-state index in [-0.39, 0.29) is 12.4 Å². The van der Waals surface area contributed by atoms with E-state index in [2.05, 4.69) is 10.2 Å². The number of ether oxygens (including phenoxy) is 1. The minimum atomic E-state index is -0.113. The first-order valence-electron chi connectivity index (χ1n) is 6.94. The van der Waals surface area contributed by atoms with Crippen molar-refractivity contribution in [1.29, 1.82) is 0 Å². The van der Waals surface area contributed by atoms with E-state index in [4.69, 9.17) is 20.8 Å². The van der Waals surface area contributed by atoms with Crippen molar-refractivity contribution >= 4 is 17.4 Å². The van der Waals surface area contributed by atoms with E-state index >= 15 is 0 Å². The molecule has 23 heavy (non-hydrogen) atoms. The van der Waals surface area contributed by atoms with Crippen molar-refractivity contribution in [3.8, 4) is 17.2 Å². The molecular weight excluding hydrogens is 316 g/mol. The molecule has 0 fully saturated rings. The Morgan fingerprint density at radius 2 is 1.78 bits per heavy atom. The van der Waals surface area contributed by atoms with Crippen molar-refractivity contribution in [2.75, 3.05) is 6.61 Å². The molecule has 0 saturated carbocycles. The number of benzene rings is 2. The summed E-state index contributed by atoms with van der Waals surface area (Å²) in [4.78, 5) is 12.0. The molecule has 2 aromatic carbocycles. The summed E-state index contributed by atoms with van der Waals surface area (Å²) in [5.74, 6) is 1.44. The van der Waals surface area contributed by atoms with Crippen LogP contribution in [0.4, 0.5) is 0 Å². The molecule has 0 aliphatic rings. The average molecular weight is 329 g/mol. The summed E-state index contributed by atoms with van der Waals surface area (Å²) in [7, 11) is 0. The number of hydrogen-bond acceptors (Lipinski definition) is 5. The number of carbonyl (C=O) groups excluding carboxylic acids is 1. The number of carbonyl (C=O) groups is 1. The summed E-state index contributed by atoms with van der Waals surface area (Å²) >= 11 is 5.80. The SMILES string of the molecule is Cc1nnc(-c2ccc(OCC(=O)c3ccc(Cl)cc3)cc2)o1. The molecule has 5 nitrogen and oxygen atoms in total. The molecule has 0 atom stereocenters. The van der Waals surface area contributed by atoms with E-state index in [1.54, 1.807) is 55.5 Å². The molecule has 116 valence electrons. The Morgan fingerprint density at radius 1 is 1.09 bits per heavy atom. The monoisotopic (exact) mass is 328 g/mol. The summed E-state index contributed by atoms with van der Waals surface area (Å²) in [6.07, 6.45) is 0. The van der Waals surface area contributed by atoms with Crippen molar-refractivity contribution < 1.29 is 13.9 Å². The van der Waals surface area contributed by atoms with Crippen LogP contribution < -0.4 is 4.74 Å². The maximum absolute atomic E-state index is 12.0. The van der Waals surface area contributed by atoms with Gasteiger partial charge in [0.05, 0.1) is 0 Å². The number of aryl methyl sites for hydroxylation is 1. The van der Waals surface area contributed by atoms with Gasteiger partial charge in [-0.25, -0.2) is 0 Å². The molecule has 0 bridgehead atoms. The van der Waals surface area contributed by atoms with Gasteiger partial charge in [-0.15, -0.1) is 10.2 Å². The second-order valence-electron chi connectivity index (χ2n) is 4.87. The van der Waals surface area contributed by atoms with Crippen molar-refractivity contribution in [2.24, 2.45) is 0 Å². The standard InChI is InChI=1S/C17H13ClN2O3/c1-11-19-20-17(23-11)13-4-8-15(9-5-13)22-10-16(21)12-2-6-14(18)7-3-12/h2-9H,10H2,1H3. The first-order valence-corrected chi connectivity index (χ1v) is 7.32. The smallest absolute Gasteiger partial charge is 0.247 e. The summed E-state index contributed by atoms with van der Waals surface area (Å²) in [5.41, 5.74) is 1.36. The molecule has 0 radical (unpaired) electrons. The molecule has 0 saturated heterocycles. The van der Waals surface area contributed by atoms with Crippen LogP contribution in [0.5, 0.6) is 5.75 Å². The third-order valence-electron chi connectivity index (χ3n) is 3.16. The van der Waals surface area contributed by atoms with Crippen molar-refractivity contribution in [3.63, 3.8) is 0 Å². The van der Waals surface area contributed by atoms with E-state index < -0.39 is 0 Å². The lowest BCUT2D eigenvalue weighted by Gasteiger charge is -2.06. The van der Waals surface area contributed by atoms with E-state index in [0.717, 1.165) is 5.56 Å². The average Bonchev–Trinajstić information content (AvgIpc) is 3.00. The minimum absolute atomic E-state index is 0.0410. The lowest BCUT2D eigenvalue weighted by molar-refractivity contribution is 0.0921. The molecule has 0 spiro atoms. The Bertz CT molecular complexity index is 811. The third kappa shape index (κ3) is 3.76. The number of rotatable bonds is 5. The highest BCUT2D eigenvalue weighted by Gasteiger charge is 2.08. The maximum atomic E-state index is 12.0. The Kier molecular flexibility index (Phi) is 4.39. The van der Waals surface area contributed by atoms with Gasteiger partial charge in [-0.1, -0.05) is 11.6 Å². The zero-order valence-electron chi connectivity index (χ0n) is 12.3. The fourth-order valence-electron chi connectivity index (χ4n) is 1.97. The zero-order valence-corrected chi connectivity index (χ0v) is 13.1. The number of Topliss-reactive ketones (excluding diaryl/α,β-unsaturated/α-hetero) is 1. The number of aromatic nitrogens is 2. The van der Waals surface area contributed by atoms with Crippen LogP contribution in [-0.4, -0.2) is 22.6 Å². The first-order chi connectivity index (χ1) is 11.1. The van der Waals surface area contributed by atoms with Gasteiger partial charge in [0.1, 0.15) is 5.75 Å². The van der Waals surface area contributed by atoms with E-state index in [9.17, 15) is 4.79 Å². The predicted octanol–water partition coefficient (Wildman–Crippen LogP) is 3.96. The van der Waals surface area contributed by atoms with Gasteiger partial charge in [-0.3, -0.25) is 4.79 Å². The summed E-state index contributed by atoms with van der Waals surface area (Å²) in [6.45, 7) is 1.69. The van der Waals surface area contributed by atoms with Gasteiger partial charge < -0.3 is 9.15 Å². The fourth-order valence-corrected chi connectivity index (χ4v) is 2.10. The third-order valence-corrected chi connectivity index (χ3v) is 3.42. The highest BCUT2D eigenvalue weighted by atomic mass is 35.5. The van der Waals surface area contributed by atoms with Gasteiger partial charge in [0.2, 0.25) is 11.8 Å². The summed E-state index contributed by atoms with van der Waals surface area (Å²) in [5, 5.41) is 8.32. The number of nitrogens with zero attached hydrogens (tertiary/aromatic N) is 2. The van der Waals surface area contributed by atoms with E-state index in [1.165, 1.54) is 0 Å². The molecule has 1 heterocycles. The second kappa shape index (κ2) is 6.62. The Balaban J connectivity index is 1.62. The Hall–Kier alpha value is -2.66. The second-order valence-corrected chi connectivity index (χ2v) is 5.31. The molecule has 0 unspecified atom stereocenters. The molecule has 3 rings (SSSR count). The fraction of sp³-hybridized carbons (Fsp3) is 0.118. The highest BCUT2D eigenvalue weighted by molar-refractivity contribution is 6.30. The lowest BCUT2D eigenvalue weighted by Crippen LogP contribution is -2.11. The van der Waals surface area contributed by atoms with Crippen LogP contribution in [0, 0.1) is 6.92 Å². The molecule has 0 aliphatic carbocycles. The molecule has 0 N–H and O–H groups in total. The molecule has 6 heteroatoms. The van der Waals surface area contributed by atoms with Crippen molar-refractivity contribution in [1.82, 2.24) is 10.2 Å². The van der Waals surface area contributed by atoms with Gasteiger partial charge in [0.25, 0.3) is 0 Å². The van der Waals surface area contributed by atoms with Crippen LogP contribution in [0.25, 0.3) is 11.5 Å². The minimum Gasteiger partial charge on any atom is -0.485 e. The van der Waals surface area contributed by atoms with Gasteiger partial charge in [-0.05, 0) is 48.5 Å². The van der Waals surface area contributed by atoms with Gasteiger partial charge in [0, 0.05) is 23.1 Å². The Labute approximate surface area is 137 Å². The number of halogens is 1. The van der Waals surface area contributed by atoms with Crippen molar-refractivity contribution in [3.05, 3.63) is 65.0 Å².